The van der Waals surface area contributed by atoms with E-state index >= 15 is 0 Å². The van der Waals surface area contributed by atoms with E-state index in [2.05, 4.69) is 4.84 Å². The van der Waals surface area contributed by atoms with Gasteiger partial charge in [0.2, 0.25) is 0 Å². The van der Waals surface area contributed by atoms with Crippen molar-refractivity contribution in [3.63, 3.8) is 0 Å². The summed E-state index contributed by atoms with van der Waals surface area (Å²) in [4.78, 5) is 2.55. The van der Waals surface area contributed by atoms with E-state index in [1.54, 1.807) is 7.11 Å². The molecule has 1 aromatic rings. The quantitative estimate of drug-likeness (QED) is 0.770. The molecule has 0 bridgehead atoms. The second kappa shape index (κ2) is 6.12. The van der Waals surface area contributed by atoms with Crippen molar-refractivity contribution in [1.82, 2.24) is 4.84 Å². The standard InChI is InChI=1S/C8H10ClNO.ClH/c1-11-8-4-2-7(3-5-8)6-10-9;/h2-5,10H,6H2,1H3;1H. The fourth-order valence-corrected chi connectivity index (χ4v) is 0.975. The lowest BCUT2D eigenvalue weighted by Gasteiger charge is -2.00. The predicted octanol–water partition coefficient (Wildman–Crippen LogP) is 2.36. The summed E-state index contributed by atoms with van der Waals surface area (Å²) in [6.45, 7) is 0.672. The van der Waals surface area contributed by atoms with E-state index in [1.807, 2.05) is 24.3 Å². The van der Waals surface area contributed by atoms with Gasteiger partial charge in [-0.25, -0.2) is 4.84 Å². The Morgan fingerprint density at radius 2 is 1.92 bits per heavy atom. The number of halogens is 2. The Labute approximate surface area is 83.4 Å². The summed E-state index contributed by atoms with van der Waals surface area (Å²) in [6.07, 6.45) is 0. The molecule has 0 aliphatic carbocycles. The summed E-state index contributed by atoms with van der Waals surface area (Å²) in [5.74, 6) is 0.864. The summed E-state index contributed by atoms with van der Waals surface area (Å²) in [6, 6.07) is 7.75. The highest BCUT2D eigenvalue weighted by Crippen LogP contribution is 2.10. The molecule has 0 aromatic heterocycles. The monoisotopic (exact) mass is 207 g/mol. The second-order valence-corrected chi connectivity index (χ2v) is 2.43. The van der Waals surface area contributed by atoms with E-state index in [-0.39, 0.29) is 12.4 Å². The van der Waals surface area contributed by atoms with Crippen LogP contribution >= 0.6 is 24.2 Å². The van der Waals surface area contributed by atoms with Gasteiger partial charge in [-0.2, -0.15) is 0 Å². The van der Waals surface area contributed by atoms with Crippen LogP contribution in [0.15, 0.2) is 24.3 Å². The van der Waals surface area contributed by atoms with Gasteiger partial charge in [-0.3, -0.25) is 0 Å². The number of hydrogen-bond acceptors (Lipinski definition) is 2. The molecule has 1 aromatic carbocycles. The smallest absolute Gasteiger partial charge is 0.118 e. The average molecular weight is 208 g/mol. The van der Waals surface area contributed by atoms with Crippen molar-refractivity contribution in [2.75, 3.05) is 7.11 Å². The molecule has 68 valence electrons. The maximum atomic E-state index is 5.33. The minimum absolute atomic E-state index is 0. The van der Waals surface area contributed by atoms with Crippen molar-refractivity contribution in [2.24, 2.45) is 0 Å². The van der Waals surface area contributed by atoms with Crippen LogP contribution < -0.4 is 9.57 Å². The average Bonchev–Trinajstić information content (AvgIpc) is 2.07. The molecule has 2 nitrogen and oxygen atoms in total. The molecule has 0 unspecified atom stereocenters. The zero-order chi connectivity index (χ0) is 8.10. The Balaban J connectivity index is 0.00000121. The third-order valence-electron chi connectivity index (χ3n) is 1.43. The number of benzene rings is 1. The molecule has 0 spiro atoms. The molecule has 0 fully saturated rings. The van der Waals surface area contributed by atoms with Crippen LogP contribution in [-0.4, -0.2) is 7.11 Å². The summed E-state index contributed by atoms with van der Waals surface area (Å²) >= 11 is 5.33. The fraction of sp³-hybridized carbons (Fsp3) is 0.250. The first-order chi connectivity index (χ1) is 5.36. The lowest BCUT2D eigenvalue weighted by Crippen LogP contribution is -1.97. The van der Waals surface area contributed by atoms with Crippen LogP contribution in [0.25, 0.3) is 0 Å². The first-order valence-electron chi connectivity index (χ1n) is 3.33. The van der Waals surface area contributed by atoms with Gasteiger partial charge in [0.15, 0.2) is 0 Å². The predicted molar refractivity (Wildman–Crippen MR) is 52.9 cm³/mol. The van der Waals surface area contributed by atoms with E-state index < -0.39 is 0 Å². The van der Waals surface area contributed by atoms with E-state index in [4.69, 9.17) is 16.5 Å². The van der Waals surface area contributed by atoms with Crippen LogP contribution in [-0.2, 0) is 6.54 Å². The molecule has 0 saturated carbocycles. The lowest BCUT2D eigenvalue weighted by atomic mass is 10.2. The van der Waals surface area contributed by atoms with E-state index in [0.717, 1.165) is 11.3 Å². The molecule has 1 rings (SSSR count). The van der Waals surface area contributed by atoms with Crippen LogP contribution in [0.4, 0.5) is 0 Å². The molecule has 12 heavy (non-hydrogen) atoms. The first kappa shape index (κ1) is 11.6. The van der Waals surface area contributed by atoms with Gasteiger partial charge in [0, 0.05) is 6.54 Å². The largest absolute Gasteiger partial charge is 0.497 e. The van der Waals surface area contributed by atoms with Gasteiger partial charge in [0.05, 0.1) is 7.11 Å². The van der Waals surface area contributed by atoms with Crippen LogP contribution in [0, 0.1) is 0 Å². The fourth-order valence-electron chi connectivity index (χ4n) is 0.821. The molecule has 0 aliphatic rings. The molecule has 1 N–H and O–H groups in total. The van der Waals surface area contributed by atoms with Gasteiger partial charge >= 0.3 is 0 Å². The molecule has 0 amide bonds. The Bertz CT molecular complexity index is 213. The van der Waals surface area contributed by atoms with Crippen molar-refractivity contribution < 1.29 is 4.74 Å². The minimum atomic E-state index is 0. The van der Waals surface area contributed by atoms with Crippen molar-refractivity contribution in [3.8, 4) is 5.75 Å². The van der Waals surface area contributed by atoms with Crippen LogP contribution in [0.2, 0.25) is 0 Å². The zero-order valence-electron chi connectivity index (χ0n) is 6.71. The summed E-state index contributed by atoms with van der Waals surface area (Å²) in [7, 11) is 1.65. The molecular formula is C8H11Cl2NO. The highest BCUT2D eigenvalue weighted by atomic mass is 35.5. The highest BCUT2D eigenvalue weighted by Gasteiger charge is 1.91. The van der Waals surface area contributed by atoms with Gasteiger partial charge in [-0.05, 0) is 29.5 Å². The number of methoxy groups -OCH3 is 1. The first-order valence-corrected chi connectivity index (χ1v) is 3.71. The van der Waals surface area contributed by atoms with Crippen LogP contribution in [0.5, 0.6) is 5.75 Å². The maximum absolute atomic E-state index is 5.33. The Morgan fingerprint density at radius 3 is 2.33 bits per heavy atom. The molecule has 0 saturated heterocycles. The summed E-state index contributed by atoms with van der Waals surface area (Å²) in [5.41, 5.74) is 1.14. The molecule has 0 heterocycles. The highest BCUT2D eigenvalue weighted by molar-refractivity contribution is 6.13. The van der Waals surface area contributed by atoms with Crippen molar-refractivity contribution in [1.29, 1.82) is 0 Å². The lowest BCUT2D eigenvalue weighted by molar-refractivity contribution is 0.414. The minimum Gasteiger partial charge on any atom is -0.497 e. The van der Waals surface area contributed by atoms with Crippen molar-refractivity contribution >= 4 is 24.2 Å². The summed E-state index contributed by atoms with van der Waals surface area (Å²) < 4.78 is 4.99. The number of ether oxygens (including phenoxy) is 1. The molecular weight excluding hydrogens is 197 g/mol. The molecule has 0 aliphatic heterocycles. The maximum Gasteiger partial charge on any atom is 0.118 e. The Morgan fingerprint density at radius 1 is 1.33 bits per heavy atom. The Kier molecular flexibility index (Phi) is 5.89. The third-order valence-corrected chi connectivity index (χ3v) is 1.56. The number of nitrogens with one attached hydrogen (secondary N) is 1. The van der Waals surface area contributed by atoms with E-state index in [9.17, 15) is 0 Å². The zero-order valence-corrected chi connectivity index (χ0v) is 8.28. The molecule has 0 atom stereocenters. The van der Waals surface area contributed by atoms with Crippen LogP contribution in [0.3, 0.4) is 0 Å². The SMILES string of the molecule is COc1ccc(CNCl)cc1.Cl. The summed E-state index contributed by atoms with van der Waals surface area (Å²) in [5, 5.41) is 0. The van der Waals surface area contributed by atoms with Crippen molar-refractivity contribution in [3.05, 3.63) is 29.8 Å². The second-order valence-electron chi connectivity index (χ2n) is 2.16. The van der Waals surface area contributed by atoms with Gasteiger partial charge in [-0.15, -0.1) is 12.4 Å². The van der Waals surface area contributed by atoms with Crippen molar-refractivity contribution in [2.45, 2.75) is 6.54 Å². The Hall–Kier alpha value is -0.440. The van der Waals surface area contributed by atoms with Gasteiger partial charge in [0.25, 0.3) is 0 Å². The van der Waals surface area contributed by atoms with Gasteiger partial charge < -0.3 is 4.74 Å². The number of hydrogen-bond donors (Lipinski definition) is 1. The van der Waals surface area contributed by atoms with E-state index in [1.165, 1.54) is 0 Å². The van der Waals surface area contributed by atoms with Crippen LogP contribution in [0.1, 0.15) is 5.56 Å². The molecule has 0 radical (unpaired) electrons. The topological polar surface area (TPSA) is 21.3 Å². The van der Waals surface area contributed by atoms with E-state index in [0.29, 0.717) is 6.54 Å². The molecule has 4 heteroatoms. The van der Waals surface area contributed by atoms with Gasteiger partial charge in [0.1, 0.15) is 5.75 Å². The van der Waals surface area contributed by atoms with Gasteiger partial charge in [-0.1, -0.05) is 12.1 Å². The number of rotatable bonds is 3. The third kappa shape index (κ3) is 3.30. The normalized spacial score (nSPS) is 8.83.